The van der Waals surface area contributed by atoms with E-state index in [1.807, 2.05) is 0 Å². The number of ether oxygens (including phenoxy) is 2. The van der Waals surface area contributed by atoms with Gasteiger partial charge in [-0.2, -0.15) is 0 Å². The first-order valence-electron chi connectivity index (χ1n) is 4.39. The Morgan fingerprint density at radius 1 is 1.19 bits per heavy atom. The number of hydrogen-bond donors (Lipinski definition) is 1. The van der Waals surface area contributed by atoms with Crippen molar-refractivity contribution in [2.24, 2.45) is 0 Å². The minimum atomic E-state index is -1.11. The number of carbonyl (C=O) groups is 1. The largest absolute Gasteiger partial charge is 0.497 e. The predicted octanol–water partition coefficient (Wildman–Crippen LogP) is 2.45. The smallest absolute Gasteiger partial charge is 0.257 e. The number of hydrogen-bond acceptors (Lipinski definition) is 3. The maximum atomic E-state index is 11.3. The van der Waals surface area contributed by atoms with E-state index in [0.717, 1.165) is 0 Å². The second-order valence-corrected chi connectivity index (χ2v) is 3.99. The lowest BCUT2D eigenvalue weighted by Crippen LogP contribution is -2.18. The molecule has 0 fully saturated rings. The van der Waals surface area contributed by atoms with Crippen molar-refractivity contribution in [1.82, 2.24) is 0 Å². The van der Waals surface area contributed by atoms with E-state index in [-0.39, 0.29) is 0 Å². The summed E-state index contributed by atoms with van der Waals surface area (Å²) >= 11 is 10.8. The first-order valence-corrected chi connectivity index (χ1v) is 5.26. The number of methoxy groups -OCH3 is 2. The Bertz CT molecular complexity index is 360. The highest BCUT2D eigenvalue weighted by molar-refractivity contribution is 6.54. The van der Waals surface area contributed by atoms with Crippen molar-refractivity contribution < 1.29 is 14.3 Å². The summed E-state index contributed by atoms with van der Waals surface area (Å²) in [6.07, 6.45) is 0. The lowest BCUT2D eigenvalue weighted by molar-refractivity contribution is -0.114. The SMILES string of the molecule is COc1cc(NC(=O)C(Cl)Cl)cc(OC)c1. The summed E-state index contributed by atoms with van der Waals surface area (Å²) in [7, 11) is 3.04. The van der Waals surface area contributed by atoms with Gasteiger partial charge < -0.3 is 14.8 Å². The summed E-state index contributed by atoms with van der Waals surface area (Å²) in [6, 6.07) is 4.96. The van der Waals surface area contributed by atoms with Gasteiger partial charge in [0.15, 0.2) is 4.84 Å². The highest BCUT2D eigenvalue weighted by Gasteiger charge is 2.12. The van der Waals surface area contributed by atoms with Gasteiger partial charge in [0.2, 0.25) is 0 Å². The molecule has 0 aliphatic rings. The molecule has 0 saturated carbocycles. The molecule has 0 bridgehead atoms. The van der Waals surface area contributed by atoms with Crippen LogP contribution in [0.3, 0.4) is 0 Å². The molecular weight excluding hydrogens is 253 g/mol. The van der Waals surface area contributed by atoms with Crippen LogP contribution in [0.2, 0.25) is 0 Å². The number of carbonyl (C=O) groups excluding carboxylic acids is 1. The molecule has 6 heteroatoms. The average molecular weight is 264 g/mol. The number of rotatable bonds is 4. The van der Waals surface area contributed by atoms with E-state index in [1.165, 1.54) is 14.2 Å². The normalized spacial score (nSPS) is 10.1. The molecule has 0 unspecified atom stereocenters. The van der Waals surface area contributed by atoms with Crippen molar-refractivity contribution in [2.45, 2.75) is 4.84 Å². The lowest BCUT2D eigenvalue weighted by atomic mass is 10.2. The van der Waals surface area contributed by atoms with E-state index >= 15 is 0 Å². The summed E-state index contributed by atoms with van der Waals surface area (Å²) in [5.74, 6) is 0.629. The molecule has 0 aromatic heterocycles. The zero-order valence-corrected chi connectivity index (χ0v) is 10.3. The number of nitrogens with one attached hydrogen (secondary N) is 1. The fraction of sp³-hybridized carbons (Fsp3) is 0.300. The zero-order chi connectivity index (χ0) is 12.1. The average Bonchev–Trinajstić information content (AvgIpc) is 2.28. The molecule has 1 N–H and O–H groups in total. The first-order chi connectivity index (χ1) is 7.56. The van der Waals surface area contributed by atoms with Crippen LogP contribution in [-0.4, -0.2) is 25.0 Å². The van der Waals surface area contributed by atoms with Crippen LogP contribution >= 0.6 is 23.2 Å². The van der Waals surface area contributed by atoms with Gasteiger partial charge in [0.25, 0.3) is 5.91 Å². The van der Waals surface area contributed by atoms with E-state index in [2.05, 4.69) is 5.32 Å². The summed E-state index contributed by atoms with van der Waals surface area (Å²) in [4.78, 5) is 10.1. The van der Waals surface area contributed by atoms with Crippen LogP contribution in [0.15, 0.2) is 18.2 Å². The Labute approximate surface area is 103 Å². The van der Waals surface area contributed by atoms with Crippen LogP contribution in [0, 0.1) is 0 Å². The van der Waals surface area contributed by atoms with Crippen molar-refractivity contribution in [2.75, 3.05) is 19.5 Å². The highest BCUT2D eigenvalue weighted by Crippen LogP contribution is 2.26. The van der Waals surface area contributed by atoms with Gasteiger partial charge in [-0.25, -0.2) is 0 Å². The third-order valence-corrected chi connectivity index (χ3v) is 2.21. The molecule has 0 spiro atoms. The topological polar surface area (TPSA) is 47.6 Å². The van der Waals surface area contributed by atoms with Crippen molar-refractivity contribution >= 4 is 34.8 Å². The maximum Gasteiger partial charge on any atom is 0.257 e. The number of halogens is 2. The summed E-state index contributed by atoms with van der Waals surface area (Å²) < 4.78 is 10.1. The summed E-state index contributed by atoms with van der Waals surface area (Å²) in [6.45, 7) is 0. The van der Waals surface area contributed by atoms with Gasteiger partial charge in [0.1, 0.15) is 11.5 Å². The van der Waals surface area contributed by atoms with E-state index in [4.69, 9.17) is 32.7 Å². The second kappa shape index (κ2) is 5.82. The van der Waals surface area contributed by atoms with Gasteiger partial charge in [-0.05, 0) is 0 Å². The molecule has 88 valence electrons. The van der Waals surface area contributed by atoms with Gasteiger partial charge in [-0.3, -0.25) is 4.79 Å². The molecular formula is C10H11Cl2NO3. The van der Waals surface area contributed by atoms with E-state index in [9.17, 15) is 4.79 Å². The van der Waals surface area contributed by atoms with Gasteiger partial charge >= 0.3 is 0 Å². The summed E-state index contributed by atoms with van der Waals surface area (Å²) in [5, 5.41) is 2.53. The van der Waals surface area contributed by atoms with Gasteiger partial charge in [-0.1, -0.05) is 23.2 Å². The van der Waals surface area contributed by atoms with Crippen LogP contribution in [0.25, 0.3) is 0 Å². The third-order valence-electron chi connectivity index (χ3n) is 1.82. The van der Waals surface area contributed by atoms with Crippen molar-refractivity contribution in [3.05, 3.63) is 18.2 Å². The van der Waals surface area contributed by atoms with Crippen LogP contribution in [0.4, 0.5) is 5.69 Å². The zero-order valence-electron chi connectivity index (χ0n) is 8.79. The first kappa shape index (κ1) is 12.9. The molecule has 1 amide bonds. The molecule has 0 aliphatic carbocycles. The molecule has 1 aromatic carbocycles. The minimum Gasteiger partial charge on any atom is -0.497 e. The van der Waals surface area contributed by atoms with Gasteiger partial charge in [-0.15, -0.1) is 0 Å². The number of amides is 1. The quantitative estimate of drug-likeness (QED) is 0.849. The summed E-state index contributed by atoms with van der Waals surface area (Å²) in [5.41, 5.74) is 0.507. The third kappa shape index (κ3) is 3.47. The Morgan fingerprint density at radius 3 is 2.06 bits per heavy atom. The fourth-order valence-electron chi connectivity index (χ4n) is 1.08. The van der Waals surface area contributed by atoms with Crippen LogP contribution in [-0.2, 0) is 4.79 Å². The lowest BCUT2D eigenvalue weighted by Gasteiger charge is -2.09. The fourth-order valence-corrected chi connectivity index (χ4v) is 1.19. The van der Waals surface area contributed by atoms with Gasteiger partial charge in [0, 0.05) is 23.9 Å². The predicted molar refractivity (Wildman–Crippen MR) is 63.7 cm³/mol. The van der Waals surface area contributed by atoms with Crippen LogP contribution in [0.1, 0.15) is 0 Å². The molecule has 0 radical (unpaired) electrons. The Hall–Kier alpha value is -1.13. The molecule has 0 atom stereocenters. The minimum absolute atomic E-state index is 0.501. The van der Waals surface area contributed by atoms with Crippen molar-refractivity contribution in [1.29, 1.82) is 0 Å². The molecule has 16 heavy (non-hydrogen) atoms. The van der Waals surface area contributed by atoms with Crippen LogP contribution < -0.4 is 14.8 Å². The molecule has 0 saturated heterocycles. The number of anilines is 1. The Kier molecular flexibility index (Phi) is 4.71. The van der Waals surface area contributed by atoms with Gasteiger partial charge in [0.05, 0.1) is 14.2 Å². The van der Waals surface area contributed by atoms with Crippen molar-refractivity contribution in [3.8, 4) is 11.5 Å². The maximum absolute atomic E-state index is 11.3. The number of alkyl halides is 2. The van der Waals surface area contributed by atoms with E-state index < -0.39 is 10.7 Å². The van der Waals surface area contributed by atoms with E-state index in [1.54, 1.807) is 18.2 Å². The molecule has 4 nitrogen and oxygen atoms in total. The molecule has 1 rings (SSSR count). The second-order valence-electron chi connectivity index (χ2n) is 2.89. The Morgan fingerprint density at radius 2 is 1.69 bits per heavy atom. The van der Waals surface area contributed by atoms with Crippen LogP contribution in [0.5, 0.6) is 11.5 Å². The van der Waals surface area contributed by atoms with E-state index in [0.29, 0.717) is 17.2 Å². The molecule has 0 aliphatic heterocycles. The molecule has 0 heterocycles. The number of benzene rings is 1. The highest BCUT2D eigenvalue weighted by atomic mass is 35.5. The monoisotopic (exact) mass is 263 g/mol. The standard InChI is InChI=1S/C10H11Cl2NO3/c1-15-7-3-6(4-8(5-7)16-2)13-10(14)9(11)12/h3-5,9H,1-2H3,(H,13,14). The molecule has 1 aromatic rings. The Balaban J connectivity index is 2.91. The van der Waals surface area contributed by atoms with Crippen molar-refractivity contribution in [3.63, 3.8) is 0 Å².